The molecule has 13 heteroatoms. The van der Waals surface area contributed by atoms with Gasteiger partial charge in [-0.2, -0.15) is 17.6 Å². The highest BCUT2D eigenvalue weighted by molar-refractivity contribution is 7.89. The number of hydrogen-bond donors (Lipinski definition) is 4. The van der Waals surface area contributed by atoms with Crippen molar-refractivity contribution in [2.45, 2.75) is 37.4 Å². The van der Waals surface area contributed by atoms with Gasteiger partial charge >= 0.3 is 13.2 Å². The second-order valence-corrected chi connectivity index (χ2v) is 9.75. The first-order valence-corrected chi connectivity index (χ1v) is 12.3. The Morgan fingerprint density at radius 1 is 0.811 bits per heavy atom. The van der Waals surface area contributed by atoms with Crippen molar-refractivity contribution in [2.24, 2.45) is 5.14 Å². The van der Waals surface area contributed by atoms with E-state index in [0.29, 0.717) is 0 Å². The summed E-state index contributed by atoms with van der Waals surface area (Å²) in [5.41, 5.74) is 6.04. The summed E-state index contributed by atoms with van der Waals surface area (Å²) < 4.78 is 85.1. The summed E-state index contributed by atoms with van der Waals surface area (Å²) in [7, 11) is -4.53. The van der Waals surface area contributed by atoms with Gasteiger partial charge in [-0.25, -0.2) is 13.6 Å². The molecule has 0 aromatic heterocycles. The number of sulfonamides is 1. The van der Waals surface area contributed by atoms with Crippen LogP contribution in [0.4, 0.5) is 23.2 Å². The minimum absolute atomic E-state index is 0.00275. The third-order valence-electron chi connectivity index (χ3n) is 5.59. The Bertz CT molecular complexity index is 1270. The molecule has 2 unspecified atom stereocenters. The molecule has 37 heavy (non-hydrogen) atoms. The monoisotopic (exact) mass is 544 g/mol. The zero-order valence-corrected chi connectivity index (χ0v) is 20.1. The van der Waals surface area contributed by atoms with Gasteiger partial charge in [-0.05, 0) is 48.4 Å². The van der Waals surface area contributed by atoms with Gasteiger partial charge in [0.15, 0.2) is 0 Å². The van der Waals surface area contributed by atoms with E-state index in [2.05, 4.69) is 9.47 Å². The number of halogens is 4. The highest BCUT2D eigenvalue weighted by atomic mass is 32.2. The van der Waals surface area contributed by atoms with Crippen LogP contribution in [0.3, 0.4) is 0 Å². The lowest BCUT2D eigenvalue weighted by molar-refractivity contribution is -0.0505. The number of nitrogens with two attached hydrogens (primary N) is 2. The summed E-state index contributed by atoms with van der Waals surface area (Å²) in [5.74, 6) is -2.18. The summed E-state index contributed by atoms with van der Waals surface area (Å²) in [6.45, 7) is -4.86. The summed E-state index contributed by atoms with van der Waals surface area (Å²) >= 11 is 0. The van der Waals surface area contributed by atoms with E-state index < -0.39 is 46.3 Å². The molecule has 0 saturated carbocycles. The number of anilines is 1. The van der Waals surface area contributed by atoms with Gasteiger partial charge in [0.25, 0.3) is 0 Å². The number of hydrogen-bond acceptors (Lipinski definition) is 7. The molecule has 200 valence electrons. The lowest BCUT2D eigenvalue weighted by Crippen LogP contribution is -2.28. The number of ether oxygens (including phenoxy) is 2. The Balaban J connectivity index is 2.25. The van der Waals surface area contributed by atoms with Crippen LogP contribution in [0.2, 0.25) is 0 Å². The lowest BCUT2D eigenvalue weighted by Gasteiger charge is -2.29. The van der Waals surface area contributed by atoms with E-state index in [-0.39, 0.29) is 39.4 Å². The van der Waals surface area contributed by atoms with Crippen LogP contribution < -0.4 is 20.3 Å². The largest absolute Gasteiger partial charge is 0.507 e. The fourth-order valence-electron chi connectivity index (χ4n) is 4.11. The maximum Gasteiger partial charge on any atom is 0.387 e. The zero-order chi connectivity index (χ0) is 27.5. The topological polar surface area (TPSA) is 145 Å². The average molecular weight is 545 g/mol. The second-order valence-electron chi connectivity index (χ2n) is 8.06. The normalized spacial score (nSPS) is 13.7. The Kier molecular flexibility index (Phi) is 8.51. The van der Waals surface area contributed by atoms with Crippen LogP contribution in [-0.2, 0) is 10.0 Å². The summed E-state index contributed by atoms with van der Waals surface area (Å²) in [6, 6.07) is 12.6. The molecule has 3 rings (SSSR count). The number of aliphatic hydroxyl groups excluding tert-OH is 1. The van der Waals surface area contributed by atoms with Gasteiger partial charge in [0.1, 0.15) is 22.5 Å². The van der Waals surface area contributed by atoms with Crippen molar-refractivity contribution in [1.82, 2.24) is 0 Å². The van der Waals surface area contributed by atoms with Gasteiger partial charge < -0.3 is 25.4 Å². The first kappa shape index (κ1) is 28.0. The number of phenols is 1. The van der Waals surface area contributed by atoms with Crippen LogP contribution in [0.25, 0.3) is 0 Å². The third-order valence-corrected chi connectivity index (χ3v) is 6.83. The number of primary sulfonamides is 1. The molecule has 0 amide bonds. The average Bonchev–Trinajstić information content (AvgIpc) is 2.78. The molecule has 2 atom stereocenters. The fourth-order valence-corrected chi connectivity index (χ4v) is 5.35. The highest BCUT2D eigenvalue weighted by Crippen LogP contribution is 2.47. The van der Waals surface area contributed by atoms with Crippen LogP contribution in [-0.4, -0.2) is 31.9 Å². The number of aliphatic hydroxyl groups is 1. The summed E-state index contributed by atoms with van der Waals surface area (Å²) in [4.78, 5) is 0. The Morgan fingerprint density at radius 3 is 1.59 bits per heavy atom. The molecule has 0 fully saturated rings. The molecule has 0 spiro atoms. The van der Waals surface area contributed by atoms with E-state index in [4.69, 9.17) is 10.9 Å². The van der Waals surface area contributed by atoms with Crippen molar-refractivity contribution in [3.05, 3.63) is 82.9 Å². The molecule has 6 N–H and O–H groups in total. The van der Waals surface area contributed by atoms with E-state index in [1.165, 1.54) is 67.6 Å². The maximum absolute atomic E-state index is 13.0. The van der Waals surface area contributed by atoms with E-state index in [1.807, 2.05) is 0 Å². The van der Waals surface area contributed by atoms with Gasteiger partial charge in [-0.1, -0.05) is 30.3 Å². The Labute approximate surface area is 210 Å². The van der Waals surface area contributed by atoms with Gasteiger partial charge in [-0.15, -0.1) is 0 Å². The van der Waals surface area contributed by atoms with Gasteiger partial charge in [0, 0.05) is 22.7 Å². The molecular formula is C24H24F4N2O6S. The molecule has 0 bridgehead atoms. The van der Waals surface area contributed by atoms with Gasteiger partial charge in [0.2, 0.25) is 10.0 Å². The number of phenolic OH excluding ortho intramolecular Hbond substituents is 1. The smallest absolute Gasteiger partial charge is 0.387 e. The molecule has 0 heterocycles. The van der Waals surface area contributed by atoms with Crippen molar-refractivity contribution in [3.8, 4) is 17.2 Å². The van der Waals surface area contributed by atoms with Crippen molar-refractivity contribution in [3.63, 3.8) is 0 Å². The quantitative estimate of drug-likeness (QED) is 0.219. The molecule has 0 aliphatic carbocycles. The summed E-state index contributed by atoms with van der Waals surface area (Å²) in [5, 5.41) is 25.0. The molecule has 0 radical (unpaired) electrons. The van der Waals surface area contributed by atoms with Crippen molar-refractivity contribution in [2.75, 3.05) is 5.73 Å². The van der Waals surface area contributed by atoms with Gasteiger partial charge in [-0.3, -0.25) is 0 Å². The number of alkyl halides is 4. The maximum atomic E-state index is 13.0. The number of nitrogen functional groups attached to an aromatic ring is 1. The van der Waals surface area contributed by atoms with E-state index >= 15 is 0 Å². The molecule has 3 aromatic rings. The van der Waals surface area contributed by atoms with E-state index in [0.717, 1.165) is 0 Å². The number of benzene rings is 3. The fraction of sp³-hybridized carbons (Fsp3) is 0.250. The van der Waals surface area contributed by atoms with Crippen LogP contribution >= 0.6 is 0 Å². The van der Waals surface area contributed by atoms with Crippen LogP contribution in [0.15, 0.2) is 60.7 Å². The molecule has 3 aromatic carbocycles. The predicted octanol–water partition coefficient (Wildman–Crippen LogP) is 4.39. The number of aromatic hydroxyl groups is 1. The van der Waals surface area contributed by atoms with Crippen LogP contribution in [0, 0.1) is 0 Å². The van der Waals surface area contributed by atoms with Crippen molar-refractivity contribution >= 4 is 15.7 Å². The second kappa shape index (κ2) is 11.2. The highest BCUT2D eigenvalue weighted by Gasteiger charge is 2.38. The first-order valence-electron chi connectivity index (χ1n) is 10.7. The predicted molar refractivity (Wildman–Crippen MR) is 127 cm³/mol. The first-order chi connectivity index (χ1) is 17.3. The molecular weight excluding hydrogens is 520 g/mol. The number of rotatable bonds is 10. The standard InChI is InChI=1S/C24H24F4N2O6S/c1-12(31)19-18(29)11-10-17(21(19)32)22(37(30,33)34)20(13-2-6-15(7-3-13)35-23(25)26)14-4-8-16(9-5-14)36-24(27)28/h2-12,20,22-24,31-32H,29H2,1H3,(H2,30,33,34). The molecule has 0 aliphatic rings. The molecule has 0 aliphatic heterocycles. The van der Waals surface area contributed by atoms with Crippen molar-refractivity contribution in [1.29, 1.82) is 0 Å². The Hall–Kier alpha value is -3.55. The minimum Gasteiger partial charge on any atom is -0.507 e. The Morgan fingerprint density at radius 2 is 1.24 bits per heavy atom. The third kappa shape index (κ3) is 6.61. The van der Waals surface area contributed by atoms with E-state index in [9.17, 15) is 36.2 Å². The van der Waals surface area contributed by atoms with Crippen molar-refractivity contribution < 1.29 is 45.7 Å². The van der Waals surface area contributed by atoms with E-state index in [1.54, 1.807) is 0 Å². The minimum atomic E-state index is -4.53. The summed E-state index contributed by atoms with van der Waals surface area (Å²) in [6.07, 6.45) is -1.27. The van der Waals surface area contributed by atoms with Crippen LogP contribution in [0.1, 0.15) is 46.4 Å². The molecule has 0 saturated heterocycles. The SMILES string of the molecule is CC(O)c1c(N)ccc(C(C(c2ccc(OC(F)F)cc2)c2ccc(OC(F)F)cc2)S(N)(=O)=O)c1O. The lowest BCUT2D eigenvalue weighted by atomic mass is 9.84. The van der Waals surface area contributed by atoms with Gasteiger partial charge in [0.05, 0.1) is 6.10 Å². The van der Waals surface area contributed by atoms with Crippen LogP contribution in [0.5, 0.6) is 17.2 Å². The molecule has 8 nitrogen and oxygen atoms in total. The zero-order valence-electron chi connectivity index (χ0n) is 19.3.